The molecule has 0 aliphatic carbocycles. The van der Waals surface area contributed by atoms with Crippen molar-refractivity contribution in [1.82, 2.24) is 24.7 Å². The molecule has 1 saturated heterocycles. The predicted molar refractivity (Wildman–Crippen MR) is 149 cm³/mol. The van der Waals surface area contributed by atoms with Crippen LogP contribution >= 0.6 is 0 Å². The van der Waals surface area contributed by atoms with E-state index < -0.39 is 10.0 Å². The van der Waals surface area contributed by atoms with Crippen LogP contribution in [0.2, 0.25) is 0 Å². The number of benzene rings is 2. The number of nitrogens with two attached hydrogens (primary N) is 1. The SMILES string of the molecule is Cn1cc(-c2ccc3cnc(Nc4ccc(S(N)(=O)=O)cc4)nc3c2-c2ccc(N3CCOCC3)nc2)cn1. The number of morpholine rings is 1. The molecule has 1 fully saturated rings. The molecule has 0 spiro atoms. The smallest absolute Gasteiger partial charge is 0.238 e. The Bertz CT molecular complexity index is 1750. The summed E-state index contributed by atoms with van der Waals surface area (Å²) in [5.74, 6) is 1.28. The molecule has 0 bridgehead atoms. The Hall–Kier alpha value is -4.39. The summed E-state index contributed by atoms with van der Waals surface area (Å²) in [6.45, 7) is 2.99. The van der Waals surface area contributed by atoms with E-state index in [-0.39, 0.29) is 4.90 Å². The lowest BCUT2D eigenvalue weighted by atomic mass is 9.94. The van der Waals surface area contributed by atoms with Crippen LogP contribution in [0.15, 0.2) is 78.2 Å². The lowest BCUT2D eigenvalue weighted by Crippen LogP contribution is -2.36. The van der Waals surface area contributed by atoms with Crippen LogP contribution in [0, 0.1) is 0 Å². The molecule has 6 rings (SSSR count). The summed E-state index contributed by atoms with van der Waals surface area (Å²) in [7, 11) is -1.90. The Morgan fingerprint density at radius 3 is 2.38 bits per heavy atom. The van der Waals surface area contributed by atoms with Crippen LogP contribution < -0.4 is 15.4 Å². The second-order valence-corrected chi connectivity index (χ2v) is 10.8. The van der Waals surface area contributed by atoms with E-state index in [0.29, 0.717) is 24.8 Å². The normalized spacial score (nSPS) is 14.1. The van der Waals surface area contributed by atoms with Crippen molar-refractivity contribution >= 4 is 38.4 Å². The van der Waals surface area contributed by atoms with Gasteiger partial charge in [-0.25, -0.2) is 28.5 Å². The first kappa shape index (κ1) is 24.9. The Labute approximate surface area is 225 Å². The second-order valence-electron chi connectivity index (χ2n) is 9.22. The van der Waals surface area contributed by atoms with Crippen LogP contribution in [0.4, 0.5) is 17.5 Å². The van der Waals surface area contributed by atoms with Gasteiger partial charge in [-0.2, -0.15) is 5.10 Å². The third kappa shape index (κ3) is 5.17. The molecule has 39 heavy (non-hydrogen) atoms. The highest BCUT2D eigenvalue weighted by Crippen LogP contribution is 2.37. The molecule has 11 nitrogen and oxygen atoms in total. The van der Waals surface area contributed by atoms with E-state index in [4.69, 9.17) is 19.8 Å². The Morgan fingerprint density at radius 2 is 1.72 bits per heavy atom. The monoisotopic (exact) mass is 542 g/mol. The average molecular weight is 543 g/mol. The van der Waals surface area contributed by atoms with Gasteiger partial charge in [0.05, 0.1) is 29.8 Å². The summed E-state index contributed by atoms with van der Waals surface area (Å²) in [6.07, 6.45) is 7.43. The van der Waals surface area contributed by atoms with Crippen LogP contribution in [0.1, 0.15) is 0 Å². The summed E-state index contributed by atoms with van der Waals surface area (Å²) in [5, 5.41) is 13.6. The van der Waals surface area contributed by atoms with Gasteiger partial charge in [-0.1, -0.05) is 12.1 Å². The molecule has 198 valence electrons. The van der Waals surface area contributed by atoms with Gasteiger partial charge in [0.1, 0.15) is 5.82 Å². The Morgan fingerprint density at radius 1 is 0.923 bits per heavy atom. The second kappa shape index (κ2) is 10.1. The molecule has 5 aromatic rings. The average Bonchev–Trinajstić information content (AvgIpc) is 3.39. The number of nitrogens with zero attached hydrogens (tertiary/aromatic N) is 6. The first-order valence-corrected chi connectivity index (χ1v) is 13.9. The minimum absolute atomic E-state index is 0.0314. The molecular formula is C27H26N8O3S. The fourth-order valence-electron chi connectivity index (χ4n) is 4.62. The van der Waals surface area contributed by atoms with E-state index in [9.17, 15) is 8.42 Å². The van der Waals surface area contributed by atoms with E-state index in [1.807, 2.05) is 43.8 Å². The summed E-state index contributed by atoms with van der Waals surface area (Å²) in [5.41, 5.74) is 5.13. The van der Waals surface area contributed by atoms with Crippen molar-refractivity contribution < 1.29 is 13.2 Å². The van der Waals surface area contributed by atoms with E-state index in [2.05, 4.69) is 26.4 Å². The highest BCUT2D eigenvalue weighted by atomic mass is 32.2. The van der Waals surface area contributed by atoms with Gasteiger partial charge >= 0.3 is 0 Å². The van der Waals surface area contributed by atoms with Crippen molar-refractivity contribution in [2.75, 3.05) is 36.5 Å². The summed E-state index contributed by atoms with van der Waals surface area (Å²) in [6, 6.07) is 14.2. The highest BCUT2D eigenvalue weighted by molar-refractivity contribution is 7.89. The molecule has 1 aliphatic rings. The van der Waals surface area contributed by atoms with Gasteiger partial charge in [-0.05, 0) is 42.0 Å². The minimum Gasteiger partial charge on any atom is -0.378 e. The molecule has 2 aromatic carbocycles. The zero-order chi connectivity index (χ0) is 27.0. The van der Waals surface area contributed by atoms with Crippen molar-refractivity contribution in [3.05, 3.63) is 73.3 Å². The van der Waals surface area contributed by atoms with E-state index in [0.717, 1.165) is 52.1 Å². The molecule has 0 radical (unpaired) electrons. The molecule has 0 saturated carbocycles. The van der Waals surface area contributed by atoms with Gasteiger partial charge in [0, 0.05) is 66.5 Å². The largest absolute Gasteiger partial charge is 0.378 e. The standard InChI is InChI=1S/C27H26N8O3S/c1-34-17-20(16-31-34)23-8-2-19-15-30-27(32-21-4-6-22(7-5-21)39(28,36)37)33-26(19)25(23)18-3-9-24(29-14-18)35-10-12-38-13-11-35/h2-9,14-17H,10-13H2,1H3,(H2,28,36,37)(H,30,32,33). The summed E-state index contributed by atoms with van der Waals surface area (Å²) >= 11 is 0. The molecule has 1 aliphatic heterocycles. The summed E-state index contributed by atoms with van der Waals surface area (Å²) < 4.78 is 30.4. The van der Waals surface area contributed by atoms with Gasteiger partial charge in [0.2, 0.25) is 16.0 Å². The van der Waals surface area contributed by atoms with E-state index >= 15 is 0 Å². The van der Waals surface area contributed by atoms with Gasteiger partial charge < -0.3 is 15.0 Å². The zero-order valence-electron chi connectivity index (χ0n) is 21.2. The molecule has 12 heteroatoms. The number of anilines is 3. The van der Waals surface area contributed by atoms with Gasteiger partial charge in [-0.3, -0.25) is 4.68 Å². The molecule has 3 N–H and O–H groups in total. The van der Waals surface area contributed by atoms with E-state index in [1.165, 1.54) is 12.1 Å². The third-order valence-corrected chi connectivity index (χ3v) is 7.51. The van der Waals surface area contributed by atoms with Gasteiger partial charge in [0.25, 0.3) is 0 Å². The topological polar surface area (TPSA) is 141 Å². The first-order valence-electron chi connectivity index (χ1n) is 12.3. The molecule has 4 heterocycles. The number of rotatable bonds is 6. The van der Waals surface area contributed by atoms with Crippen LogP contribution in [0.5, 0.6) is 0 Å². The number of nitrogens with one attached hydrogen (secondary N) is 1. The van der Waals surface area contributed by atoms with Crippen LogP contribution in [-0.2, 0) is 21.8 Å². The maximum Gasteiger partial charge on any atom is 0.238 e. The van der Waals surface area contributed by atoms with Crippen molar-refractivity contribution in [3.8, 4) is 22.3 Å². The molecule has 3 aromatic heterocycles. The number of primary sulfonamides is 1. The Kier molecular flexibility index (Phi) is 6.43. The molecular weight excluding hydrogens is 516 g/mol. The molecule has 0 amide bonds. The number of sulfonamides is 1. The highest BCUT2D eigenvalue weighted by Gasteiger charge is 2.18. The van der Waals surface area contributed by atoms with Gasteiger partial charge in [0.15, 0.2) is 0 Å². The van der Waals surface area contributed by atoms with Crippen molar-refractivity contribution in [1.29, 1.82) is 0 Å². The fourth-order valence-corrected chi connectivity index (χ4v) is 5.14. The first-order chi connectivity index (χ1) is 18.8. The zero-order valence-corrected chi connectivity index (χ0v) is 22.0. The Balaban J connectivity index is 1.43. The van der Waals surface area contributed by atoms with Gasteiger partial charge in [-0.15, -0.1) is 0 Å². The molecule has 0 unspecified atom stereocenters. The lowest BCUT2D eigenvalue weighted by molar-refractivity contribution is 0.122. The van der Waals surface area contributed by atoms with E-state index in [1.54, 1.807) is 23.0 Å². The lowest BCUT2D eigenvalue weighted by Gasteiger charge is -2.27. The maximum atomic E-state index is 11.6. The van der Waals surface area contributed by atoms with Crippen molar-refractivity contribution in [2.24, 2.45) is 12.2 Å². The number of hydrogen-bond acceptors (Lipinski definition) is 9. The molecule has 0 atom stereocenters. The number of aromatic nitrogens is 5. The van der Waals surface area contributed by atoms with Crippen molar-refractivity contribution in [3.63, 3.8) is 0 Å². The maximum absolute atomic E-state index is 11.6. The quantitative estimate of drug-likeness (QED) is 0.330. The predicted octanol–water partition coefficient (Wildman–Crippen LogP) is 3.32. The fraction of sp³-hybridized carbons (Fsp3) is 0.185. The number of aryl methyl sites for hydroxylation is 1. The van der Waals surface area contributed by atoms with Crippen LogP contribution in [0.25, 0.3) is 33.2 Å². The number of pyridine rings is 1. The number of ether oxygens (including phenoxy) is 1. The minimum atomic E-state index is -3.78. The van der Waals surface area contributed by atoms with Crippen LogP contribution in [-0.4, -0.2) is 59.5 Å². The summed E-state index contributed by atoms with van der Waals surface area (Å²) in [4.78, 5) is 16.4. The van der Waals surface area contributed by atoms with Crippen LogP contribution in [0.3, 0.4) is 0 Å². The van der Waals surface area contributed by atoms with Crippen molar-refractivity contribution in [2.45, 2.75) is 4.90 Å². The third-order valence-electron chi connectivity index (χ3n) is 6.58. The number of hydrogen-bond donors (Lipinski definition) is 2. The number of fused-ring (bicyclic) bond motifs is 1.